The molecule has 0 fully saturated rings. The van der Waals surface area contributed by atoms with Gasteiger partial charge in [0.25, 0.3) is 0 Å². The maximum Gasteiger partial charge on any atom is 0.412 e. The summed E-state index contributed by atoms with van der Waals surface area (Å²) in [4.78, 5) is 23.6. The van der Waals surface area contributed by atoms with E-state index in [1.807, 2.05) is 0 Å². The van der Waals surface area contributed by atoms with Crippen LogP contribution in [0.25, 0.3) is 0 Å². The zero-order valence-corrected chi connectivity index (χ0v) is 10.5. The minimum Gasteiger partial charge on any atom is -0.480 e. The second-order valence-corrected chi connectivity index (χ2v) is 4.28. The van der Waals surface area contributed by atoms with E-state index in [-0.39, 0.29) is 25.9 Å². The second kappa shape index (κ2) is 6.60. The van der Waals surface area contributed by atoms with E-state index in [1.165, 1.54) is 0 Å². The van der Waals surface area contributed by atoms with E-state index in [0.717, 1.165) is 11.0 Å². The third kappa shape index (κ3) is 4.41. The largest absolute Gasteiger partial charge is 0.480 e. The van der Waals surface area contributed by atoms with Crippen molar-refractivity contribution in [2.45, 2.75) is 25.1 Å². The molecule has 0 radical (unpaired) electrons. The van der Waals surface area contributed by atoms with Gasteiger partial charge in [0.15, 0.2) is 0 Å². The molecular formula is C11H15F3N2O4. The summed E-state index contributed by atoms with van der Waals surface area (Å²) in [5.41, 5.74) is -0.688. The Bertz CT molecular complexity index is 409. The summed E-state index contributed by atoms with van der Waals surface area (Å²) in [6.45, 7) is -0.788. The first kappa shape index (κ1) is 16.3. The Morgan fingerprint density at radius 1 is 1.45 bits per heavy atom. The average molecular weight is 296 g/mol. The summed E-state index contributed by atoms with van der Waals surface area (Å²) in [5, 5.41) is 19.6. The van der Waals surface area contributed by atoms with Crippen molar-refractivity contribution in [2.75, 3.05) is 19.7 Å². The number of urea groups is 1. The third-order valence-electron chi connectivity index (χ3n) is 2.87. The Hall–Kier alpha value is -1.77. The predicted molar refractivity (Wildman–Crippen MR) is 62.0 cm³/mol. The number of hydrogen-bond acceptors (Lipinski definition) is 3. The fourth-order valence-electron chi connectivity index (χ4n) is 1.74. The normalized spacial score (nSPS) is 17.4. The lowest BCUT2D eigenvalue weighted by Crippen LogP contribution is -2.49. The maximum atomic E-state index is 12.4. The van der Waals surface area contributed by atoms with Gasteiger partial charge in [-0.15, -0.1) is 0 Å². The van der Waals surface area contributed by atoms with Gasteiger partial charge in [-0.1, -0.05) is 6.08 Å². The molecule has 0 aromatic carbocycles. The molecule has 0 aromatic rings. The van der Waals surface area contributed by atoms with Crippen molar-refractivity contribution in [3.8, 4) is 0 Å². The highest BCUT2D eigenvalue weighted by Gasteiger charge is 2.35. The summed E-state index contributed by atoms with van der Waals surface area (Å²) in [6, 6.07) is -2.02. The van der Waals surface area contributed by atoms with Crippen molar-refractivity contribution in [2.24, 2.45) is 0 Å². The van der Waals surface area contributed by atoms with Crippen molar-refractivity contribution in [3.63, 3.8) is 0 Å². The van der Waals surface area contributed by atoms with Crippen LogP contribution in [0.15, 0.2) is 11.6 Å². The zero-order chi connectivity index (χ0) is 15.3. The van der Waals surface area contributed by atoms with Gasteiger partial charge in [0, 0.05) is 31.7 Å². The molecule has 1 heterocycles. The number of carbonyl (C=O) groups excluding carboxylic acids is 1. The molecule has 0 aromatic heterocycles. The summed E-state index contributed by atoms with van der Waals surface area (Å²) in [7, 11) is 0. The van der Waals surface area contributed by atoms with Gasteiger partial charge in [-0.2, -0.15) is 13.2 Å². The Morgan fingerprint density at radius 2 is 2.10 bits per heavy atom. The number of carboxylic acids is 1. The number of aliphatic carboxylic acids is 1. The number of carboxylic acid groups (broad SMARTS) is 1. The quantitative estimate of drug-likeness (QED) is 0.667. The summed E-state index contributed by atoms with van der Waals surface area (Å²) >= 11 is 0. The van der Waals surface area contributed by atoms with Gasteiger partial charge in [-0.3, -0.25) is 0 Å². The van der Waals surface area contributed by atoms with E-state index in [9.17, 15) is 22.8 Å². The lowest BCUT2D eigenvalue weighted by Gasteiger charge is -2.28. The van der Waals surface area contributed by atoms with Crippen LogP contribution in [0.5, 0.6) is 0 Å². The van der Waals surface area contributed by atoms with Gasteiger partial charge >= 0.3 is 18.2 Å². The van der Waals surface area contributed by atoms with Crippen LogP contribution in [0.3, 0.4) is 0 Å². The van der Waals surface area contributed by atoms with Crippen LogP contribution in [0.2, 0.25) is 0 Å². The van der Waals surface area contributed by atoms with Crippen molar-refractivity contribution in [1.29, 1.82) is 0 Å². The standard InChI is InChI=1S/C11H15F3N2O4/c12-11(13,14)7-1-4-16(5-2-7)10(20)15-8(3-6-17)9(18)19/h1,8,17H,2-6H2,(H,15,20)(H,18,19). The van der Waals surface area contributed by atoms with E-state index in [1.54, 1.807) is 0 Å². The van der Waals surface area contributed by atoms with Crippen molar-refractivity contribution >= 4 is 12.0 Å². The van der Waals surface area contributed by atoms with Crippen molar-refractivity contribution in [3.05, 3.63) is 11.6 Å². The molecule has 6 nitrogen and oxygen atoms in total. The van der Waals surface area contributed by atoms with Crippen LogP contribution in [-0.4, -0.2) is 59.0 Å². The van der Waals surface area contributed by atoms with Crippen molar-refractivity contribution in [1.82, 2.24) is 10.2 Å². The first-order valence-corrected chi connectivity index (χ1v) is 5.91. The smallest absolute Gasteiger partial charge is 0.412 e. The first-order valence-electron chi connectivity index (χ1n) is 5.91. The first-order chi connectivity index (χ1) is 9.25. The molecular weight excluding hydrogens is 281 g/mol. The number of nitrogens with zero attached hydrogens (tertiary/aromatic N) is 1. The highest BCUT2D eigenvalue weighted by atomic mass is 19.4. The van der Waals surface area contributed by atoms with E-state index in [4.69, 9.17) is 10.2 Å². The molecule has 3 N–H and O–H groups in total. The van der Waals surface area contributed by atoms with Crippen molar-refractivity contribution < 1.29 is 33.0 Å². The molecule has 1 rings (SSSR count). The molecule has 0 spiro atoms. The van der Waals surface area contributed by atoms with Gasteiger partial charge in [0.2, 0.25) is 0 Å². The van der Waals surface area contributed by atoms with Crippen LogP contribution in [0, 0.1) is 0 Å². The molecule has 0 bridgehead atoms. The summed E-state index contributed by atoms with van der Waals surface area (Å²) < 4.78 is 37.2. The number of carbonyl (C=O) groups is 2. The van der Waals surface area contributed by atoms with Gasteiger partial charge in [0.05, 0.1) is 0 Å². The fraction of sp³-hybridized carbons (Fsp3) is 0.636. The molecule has 0 saturated carbocycles. The lowest BCUT2D eigenvalue weighted by molar-refractivity contribution is -0.139. The number of hydrogen-bond donors (Lipinski definition) is 3. The number of rotatable bonds is 4. The topological polar surface area (TPSA) is 89.9 Å². The van der Waals surface area contributed by atoms with Gasteiger partial charge in [-0.05, 0) is 6.42 Å². The molecule has 1 atom stereocenters. The lowest BCUT2D eigenvalue weighted by atomic mass is 10.1. The Kier molecular flexibility index (Phi) is 5.37. The fourth-order valence-corrected chi connectivity index (χ4v) is 1.74. The second-order valence-electron chi connectivity index (χ2n) is 4.28. The highest BCUT2D eigenvalue weighted by molar-refractivity contribution is 5.82. The third-order valence-corrected chi connectivity index (χ3v) is 2.87. The number of nitrogens with one attached hydrogen (secondary N) is 1. The minimum atomic E-state index is -4.40. The summed E-state index contributed by atoms with van der Waals surface area (Å²) in [6.07, 6.45) is -3.98. The van der Waals surface area contributed by atoms with Gasteiger partial charge < -0.3 is 20.4 Å². The van der Waals surface area contributed by atoms with Crippen LogP contribution in [0.4, 0.5) is 18.0 Å². The van der Waals surface area contributed by atoms with E-state index >= 15 is 0 Å². The highest BCUT2D eigenvalue weighted by Crippen LogP contribution is 2.30. The number of alkyl halides is 3. The molecule has 2 amide bonds. The predicted octanol–water partition coefficient (Wildman–Crippen LogP) is 0.726. The molecule has 114 valence electrons. The molecule has 0 saturated heterocycles. The van der Waals surface area contributed by atoms with Gasteiger partial charge in [0.1, 0.15) is 6.04 Å². The van der Waals surface area contributed by atoms with Gasteiger partial charge in [-0.25, -0.2) is 9.59 Å². The Labute approximate surface area is 112 Å². The van der Waals surface area contributed by atoms with Crippen LogP contribution in [0.1, 0.15) is 12.8 Å². The maximum absolute atomic E-state index is 12.4. The molecule has 20 heavy (non-hydrogen) atoms. The molecule has 1 aliphatic heterocycles. The molecule has 1 aliphatic rings. The summed E-state index contributed by atoms with van der Waals surface area (Å²) in [5.74, 6) is -1.31. The Balaban J connectivity index is 2.58. The monoisotopic (exact) mass is 296 g/mol. The number of aliphatic hydroxyl groups excluding tert-OH is 1. The minimum absolute atomic E-state index is 0.136. The Morgan fingerprint density at radius 3 is 2.50 bits per heavy atom. The van der Waals surface area contributed by atoms with Crippen LogP contribution < -0.4 is 5.32 Å². The SMILES string of the molecule is O=C(O)C(CCO)NC(=O)N1CC=C(C(F)(F)F)CC1. The molecule has 0 aliphatic carbocycles. The van der Waals surface area contributed by atoms with E-state index < -0.39 is 36.4 Å². The molecule has 9 heteroatoms. The van der Waals surface area contributed by atoms with E-state index in [2.05, 4.69) is 5.32 Å². The number of amides is 2. The van der Waals surface area contributed by atoms with Crippen LogP contribution >= 0.6 is 0 Å². The number of aliphatic hydroxyl groups is 1. The van der Waals surface area contributed by atoms with Crippen LogP contribution in [-0.2, 0) is 4.79 Å². The molecule has 1 unspecified atom stereocenters. The zero-order valence-electron chi connectivity index (χ0n) is 10.5. The van der Waals surface area contributed by atoms with E-state index in [0.29, 0.717) is 0 Å². The number of halogens is 3. The average Bonchev–Trinajstić information content (AvgIpc) is 2.37.